The van der Waals surface area contributed by atoms with E-state index < -0.39 is 0 Å². The lowest BCUT2D eigenvalue weighted by atomic mass is 10.1. The van der Waals surface area contributed by atoms with E-state index in [4.69, 9.17) is 11.5 Å². The minimum absolute atomic E-state index is 0.384. The van der Waals surface area contributed by atoms with E-state index in [2.05, 4.69) is 21.5 Å². The first kappa shape index (κ1) is 9.39. The summed E-state index contributed by atoms with van der Waals surface area (Å²) < 4.78 is 0. The number of fused-ring (bicyclic) bond motifs is 1. The van der Waals surface area contributed by atoms with Crippen molar-refractivity contribution >= 4 is 11.9 Å². The SMILES string of the molecule is C=C(N)C1=CN=c2ncc(N)nc2=CC1. The Labute approximate surface area is 86.6 Å². The fourth-order valence-corrected chi connectivity index (χ4v) is 1.26. The number of rotatable bonds is 1. The predicted octanol–water partition coefficient (Wildman–Crippen LogP) is -0.781. The Balaban J connectivity index is 2.58. The number of nitrogens with zero attached hydrogens (tertiary/aromatic N) is 3. The van der Waals surface area contributed by atoms with Crippen molar-refractivity contribution in [2.45, 2.75) is 6.42 Å². The van der Waals surface area contributed by atoms with Crippen LogP contribution in [0, 0.1) is 0 Å². The average molecular weight is 201 g/mol. The van der Waals surface area contributed by atoms with Crippen LogP contribution in [0.1, 0.15) is 6.42 Å². The second kappa shape index (κ2) is 3.53. The third kappa shape index (κ3) is 1.85. The van der Waals surface area contributed by atoms with Crippen LogP contribution in [0.3, 0.4) is 0 Å². The quantitative estimate of drug-likeness (QED) is 0.623. The van der Waals surface area contributed by atoms with Gasteiger partial charge in [0, 0.05) is 11.9 Å². The normalized spacial score (nSPS) is 14.0. The van der Waals surface area contributed by atoms with E-state index in [-0.39, 0.29) is 0 Å². The lowest BCUT2D eigenvalue weighted by molar-refractivity contribution is 1.04. The average Bonchev–Trinajstić information content (AvgIpc) is 2.39. The minimum atomic E-state index is 0.384. The van der Waals surface area contributed by atoms with Gasteiger partial charge in [-0.2, -0.15) is 0 Å². The van der Waals surface area contributed by atoms with Crippen LogP contribution in [0.15, 0.2) is 35.2 Å². The van der Waals surface area contributed by atoms with E-state index in [9.17, 15) is 0 Å². The van der Waals surface area contributed by atoms with Gasteiger partial charge >= 0.3 is 0 Å². The molecule has 0 aliphatic carbocycles. The third-order valence-electron chi connectivity index (χ3n) is 2.07. The van der Waals surface area contributed by atoms with Crippen LogP contribution < -0.4 is 22.3 Å². The highest BCUT2D eigenvalue weighted by molar-refractivity contribution is 5.38. The van der Waals surface area contributed by atoms with E-state index in [0.29, 0.717) is 28.8 Å². The molecule has 4 N–H and O–H groups in total. The zero-order valence-corrected chi connectivity index (χ0v) is 8.14. The molecule has 0 fully saturated rings. The molecule has 5 nitrogen and oxygen atoms in total. The van der Waals surface area contributed by atoms with Crippen molar-refractivity contribution in [1.29, 1.82) is 0 Å². The number of nitrogens with two attached hydrogens (primary N) is 2. The topological polar surface area (TPSA) is 90.2 Å². The summed E-state index contributed by atoms with van der Waals surface area (Å²) in [6, 6.07) is 0. The van der Waals surface area contributed by atoms with E-state index in [0.717, 1.165) is 5.57 Å². The Morgan fingerprint density at radius 2 is 2.27 bits per heavy atom. The molecule has 0 amide bonds. The molecule has 0 saturated carbocycles. The molecular weight excluding hydrogens is 190 g/mol. The van der Waals surface area contributed by atoms with E-state index in [1.165, 1.54) is 6.20 Å². The van der Waals surface area contributed by atoms with Crippen LogP contribution in [0.25, 0.3) is 6.08 Å². The monoisotopic (exact) mass is 201 g/mol. The molecule has 76 valence electrons. The molecular formula is C10H11N5. The number of nitrogen functional groups attached to an aromatic ring is 1. The summed E-state index contributed by atoms with van der Waals surface area (Å²) in [5, 5.41) is 0.683. The van der Waals surface area contributed by atoms with E-state index >= 15 is 0 Å². The molecule has 0 aromatic carbocycles. The maximum Gasteiger partial charge on any atom is 0.177 e. The molecule has 0 unspecified atom stereocenters. The second-order valence-electron chi connectivity index (χ2n) is 3.22. The van der Waals surface area contributed by atoms with E-state index in [1.807, 2.05) is 6.08 Å². The van der Waals surface area contributed by atoms with Crippen molar-refractivity contribution in [1.82, 2.24) is 9.97 Å². The van der Waals surface area contributed by atoms with Crippen LogP contribution in [-0.4, -0.2) is 9.97 Å². The van der Waals surface area contributed by atoms with Crippen LogP contribution in [0.4, 0.5) is 5.82 Å². The molecule has 0 spiro atoms. The van der Waals surface area contributed by atoms with Crippen LogP contribution in [-0.2, 0) is 0 Å². The molecule has 2 rings (SSSR count). The summed E-state index contributed by atoms with van der Waals surface area (Å²) >= 11 is 0. The number of anilines is 1. The first-order valence-corrected chi connectivity index (χ1v) is 4.47. The summed E-state index contributed by atoms with van der Waals surface area (Å²) in [6.45, 7) is 3.66. The number of hydrogen-bond donors (Lipinski definition) is 2. The largest absolute Gasteiger partial charge is 0.399 e. The highest BCUT2D eigenvalue weighted by atomic mass is 14.9. The van der Waals surface area contributed by atoms with Crippen molar-refractivity contribution in [3.8, 4) is 0 Å². The van der Waals surface area contributed by atoms with Crippen molar-refractivity contribution < 1.29 is 0 Å². The van der Waals surface area contributed by atoms with E-state index in [1.54, 1.807) is 6.20 Å². The number of hydrogen-bond acceptors (Lipinski definition) is 5. The first-order chi connectivity index (χ1) is 7.16. The van der Waals surface area contributed by atoms with Crippen molar-refractivity contribution in [2.24, 2.45) is 10.7 Å². The lowest BCUT2D eigenvalue weighted by Crippen LogP contribution is -2.31. The molecule has 2 heterocycles. The van der Waals surface area contributed by atoms with Gasteiger partial charge in [0.15, 0.2) is 5.49 Å². The number of aromatic nitrogens is 2. The summed E-state index contributed by atoms with van der Waals surface area (Å²) in [5.74, 6) is 0.384. The van der Waals surface area contributed by atoms with Gasteiger partial charge in [-0.15, -0.1) is 0 Å². The second-order valence-corrected chi connectivity index (χ2v) is 3.22. The van der Waals surface area contributed by atoms with Gasteiger partial charge in [-0.1, -0.05) is 12.7 Å². The maximum absolute atomic E-state index is 5.59. The van der Waals surface area contributed by atoms with Gasteiger partial charge in [0.1, 0.15) is 11.2 Å². The van der Waals surface area contributed by atoms with Gasteiger partial charge in [0.25, 0.3) is 0 Å². The zero-order valence-electron chi connectivity index (χ0n) is 8.14. The first-order valence-electron chi connectivity index (χ1n) is 4.47. The molecule has 1 aromatic heterocycles. The fraction of sp³-hybridized carbons (Fsp3) is 0.100. The van der Waals surface area contributed by atoms with Gasteiger partial charge < -0.3 is 11.5 Å². The lowest BCUT2D eigenvalue weighted by Gasteiger charge is -1.98. The maximum atomic E-state index is 5.59. The molecule has 0 radical (unpaired) electrons. The van der Waals surface area contributed by atoms with Gasteiger partial charge in [-0.05, 0) is 12.0 Å². The molecule has 15 heavy (non-hydrogen) atoms. The summed E-state index contributed by atoms with van der Waals surface area (Å²) in [5.41, 5.74) is 13.1. The van der Waals surface area contributed by atoms with Crippen molar-refractivity contribution in [3.05, 3.63) is 41.1 Å². The Hall–Kier alpha value is -2.17. The molecule has 1 aliphatic rings. The summed E-state index contributed by atoms with van der Waals surface area (Å²) in [7, 11) is 0. The summed E-state index contributed by atoms with van der Waals surface area (Å²) in [6.07, 6.45) is 5.67. The van der Waals surface area contributed by atoms with Crippen LogP contribution in [0.5, 0.6) is 0 Å². The highest BCUT2D eigenvalue weighted by Crippen LogP contribution is 2.08. The van der Waals surface area contributed by atoms with Gasteiger partial charge in [0.05, 0.1) is 6.20 Å². The Kier molecular flexibility index (Phi) is 2.21. The Morgan fingerprint density at radius 1 is 1.47 bits per heavy atom. The van der Waals surface area contributed by atoms with Crippen molar-refractivity contribution in [2.75, 3.05) is 5.73 Å². The molecule has 0 bridgehead atoms. The summed E-state index contributed by atoms with van der Waals surface area (Å²) in [4.78, 5) is 12.4. The van der Waals surface area contributed by atoms with Gasteiger partial charge in [0.2, 0.25) is 0 Å². The third-order valence-corrected chi connectivity index (χ3v) is 2.07. The van der Waals surface area contributed by atoms with Gasteiger partial charge in [-0.25, -0.2) is 15.0 Å². The van der Waals surface area contributed by atoms with Gasteiger partial charge in [-0.3, -0.25) is 0 Å². The molecule has 1 aliphatic heterocycles. The molecule has 0 saturated heterocycles. The highest BCUT2D eigenvalue weighted by Gasteiger charge is 2.01. The predicted molar refractivity (Wildman–Crippen MR) is 57.7 cm³/mol. The number of allylic oxidation sites excluding steroid dienone is 1. The minimum Gasteiger partial charge on any atom is -0.399 e. The van der Waals surface area contributed by atoms with Crippen LogP contribution >= 0.6 is 0 Å². The zero-order chi connectivity index (χ0) is 10.8. The Morgan fingerprint density at radius 3 is 3.00 bits per heavy atom. The fourth-order valence-electron chi connectivity index (χ4n) is 1.26. The van der Waals surface area contributed by atoms with Crippen molar-refractivity contribution in [3.63, 3.8) is 0 Å². The van der Waals surface area contributed by atoms with Crippen LogP contribution in [0.2, 0.25) is 0 Å². The molecule has 0 atom stereocenters. The standard InChI is InChI=1S/C10H11N5/c1-6(11)7-2-3-8-10(13-4-7)14-5-9(12)15-8/h3-5H,1-2,11H2,(H2,12,15). The molecule has 5 heteroatoms. The molecule has 1 aromatic rings. The smallest absolute Gasteiger partial charge is 0.177 e. The Bertz CT molecular complexity index is 556.